The Bertz CT molecular complexity index is 1200. The molecule has 3 aromatic rings. The van der Waals surface area contributed by atoms with E-state index in [-0.39, 0.29) is 11.5 Å². The Kier molecular flexibility index (Phi) is 7.60. The zero-order valence-electron chi connectivity index (χ0n) is 19.2. The first-order valence-corrected chi connectivity index (χ1v) is 13.0. The molecule has 1 aromatic carbocycles. The summed E-state index contributed by atoms with van der Waals surface area (Å²) in [6, 6.07) is 5.81. The monoisotopic (exact) mass is 487 g/mol. The Hall–Kier alpha value is -2.52. The van der Waals surface area contributed by atoms with Crippen LogP contribution < -0.4 is 15.0 Å². The summed E-state index contributed by atoms with van der Waals surface area (Å²) in [7, 11) is 5.06. The lowest BCUT2D eigenvalue weighted by molar-refractivity contribution is -0.129. The molecule has 1 aliphatic rings. The molecular weight excluding hydrogens is 458 g/mol. The van der Waals surface area contributed by atoms with Crippen LogP contribution in [0.25, 0.3) is 10.2 Å². The summed E-state index contributed by atoms with van der Waals surface area (Å²) in [4.78, 5) is 36.6. The van der Waals surface area contributed by atoms with Crippen molar-refractivity contribution >= 4 is 39.2 Å². The van der Waals surface area contributed by atoms with Crippen LogP contribution in [0.5, 0.6) is 11.5 Å². The van der Waals surface area contributed by atoms with Gasteiger partial charge in [-0.3, -0.25) is 9.59 Å². The topological polar surface area (TPSA) is 84.5 Å². The molecule has 0 atom stereocenters. The maximum atomic E-state index is 12.5. The van der Waals surface area contributed by atoms with Crippen molar-refractivity contribution in [1.82, 2.24) is 14.9 Å². The summed E-state index contributed by atoms with van der Waals surface area (Å²) in [5.41, 5.74) is 2.26. The number of hydrogen-bond acceptors (Lipinski definition) is 7. The number of carbonyl (C=O) groups is 1. The average molecular weight is 488 g/mol. The Labute approximate surface area is 201 Å². The minimum atomic E-state index is -0.0269. The summed E-state index contributed by atoms with van der Waals surface area (Å²) < 4.78 is 10.6. The van der Waals surface area contributed by atoms with Gasteiger partial charge in [0.2, 0.25) is 5.91 Å². The number of carbonyl (C=O) groups excluding carboxylic acids is 1. The molecule has 2 aromatic heterocycles. The van der Waals surface area contributed by atoms with E-state index in [1.807, 2.05) is 25.2 Å². The fourth-order valence-electron chi connectivity index (χ4n) is 4.09. The number of aromatic nitrogens is 2. The van der Waals surface area contributed by atoms with Crippen molar-refractivity contribution in [2.24, 2.45) is 0 Å². The van der Waals surface area contributed by atoms with Gasteiger partial charge >= 0.3 is 0 Å². The van der Waals surface area contributed by atoms with Crippen LogP contribution in [0, 0.1) is 0 Å². The molecule has 1 amide bonds. The lowest BCUT2D eigenvalue weighted by Gasteiger charge is -2.17. The van der Waals surface area contributed by atoms with E-state index in [2.05, 4.69) is 9.97 Å². The number of rotatable bonds is 10. The van der Waals surface area contributed by atoms with E-state index in [0.717, 1.165) is 41.5 Å². The number of benzene rings is 1. The van der Waals surface area contributed by atoms with Gasteiger partial charge in [-0.15, -0.1) is 11.3 Å². The number of ether oxygens (including phenoxy) is 2. The van der Waals surface area contributed by atoms with E-state index >= 15 is 0 Å². The van der Waals surface area contributed by atoms with Crippen LogP contribution in [0.4, 0.5) is 0 Å². The van der Waals surface area contributed by atoms with E-state index in [1.165, 1.54) is 10.4 Å². The van der Waals surface area contributed by atoms with Gasteiger partial charge in [0.1, 0.15) is 10.7 Å². The standard InChI is InChI=1S/C24H29N3O4S2/c1-27(11-9-15-7-8-17(30-2)18(13-15)31-3)21(28)10-12-32-14-20-25-23(29)22-16-5-4-6-19(16)33-24(22)26-20/h7-8,13H,4-6,9-12,14H2,1-3H3,(H,25,26,29). The second kappa shape index (κ2) is 10.6. The zero-order valence-corrected chi connectivity index (χ0v) is 20.9. The van der Waals surface area contributed by atoms with Gasteiger partial charge in [-0.25, -0.2) is 4.98 Å². The normalized spacial score (nSPS) is 12.7. The number of H-pyrrole nitrogens is 1. The number of nitrogens with zero attached hydrogens (tertiary/aromatic N) is 2. The lowest BCUT2D eigenvalue weighted by atomic mass is 10.1. The van der Waals surface area contributed by atoms with Crippen LogP contribution in [-0.4, -0.2) is 54.3 Å². The van der Waals surface area contributed by atoms with E-state index in [4.69, 9.17) is 9.47 Å². The Morgan fingerprint density at radius 1 is 1.24 bits per heavy atom. The van der Waals surface area contributed by atoms with Gasteiger partial charge in [0.05, 0.1) is 25.4 Å². The van der Waals surface area contributed by atoms with Crippen molar-refractivity contribution in [1.29, 1.82) is 0 Å². The molecule has 1 aliphatic carbocycles. The Morgan fingerprint density at radius 2 is 2.06 bits per heavy atom. The molecule has 0 spiro atoms. The minimum absolute atomic E-state index is 0.0269. The molecule has 2 heterocycles. The molecule has 0 bridgehead atoms. The number of likely N-dealkylation sites (N-methyl/N-ethyl adjacent to an activating group) is 1. The highest BCUT2D eigenvalue weighted by molar-refractivity contribution is 7.98. The van der Waals surface area contributed by atoms with Crippen molar-refractivity contribution in [3.8, 4) is 11.5 Å². The quantitative estimate of drug-likeness (QED) is 0.438. The van der Waals surface area contributed by atoms with Crippen LogP contribution in [0.1, 0.15) is 34.7 Å². The molecule has 1 N–H and O–H groups in total. The summed E-state index contributed by atoms with van der Waals surface area (Å²) in [6.07, 6.45) is 4.36. The molecule has 7 nitrogen and oxygen atoms in total. The number of thioether (sulfide) groups is 1. The highest BCUT2D eigenvalue weighted by Crippen LogP contribution is 2.34. The molecule has 0 fully saturated rings. The number of aromatic amines is 1. The second-order valence-electron chi connectivity index (χ2n) is 8.11. The fraction of sp³-hybridized carbons (Fsp3) is 0.458. The summed E-state index contributed by atoms with van der Waals surface area (Å²) >= 11 is 3.27. The summed E-state index contributed by atoms with van der Waals surface area (Å²) in [6.45, 7) is 0.633. The van der Waals surface area contributed by atoms with Gasteiger partial charge in [0.25, 0.3) is 5.56 Å². The van der Waals surface area contributed by atoms with Crippen LogP contribution in [0.2, 0.25) is 0 Å². The van der Waals surface area contributed by atoms with E-state index < -0.39 is 0 Å². The third kappa shape index (κ3) is 5.35. The van der Waals surface area contributed by atoms with Crippen molar-refractivity contribution in [2.45, 2.75) is 37.9 Å². The molecule has 176 valence electrons. The maximum Gasteiger partial charge on any atom is 0.259 e. The predicted molar refractivity (Wildman–Crippen MR) is 134 cm³/mol. The number of hydrogen-bond donors (Lipinski definition) is 1. The van der Waals surface area contributed by atoms with Gasteiger partial charge in [0.15, 0.2) is 11.5 Å². The van der Waals surface area contributed by atoms with E-state index in [0.29, 0.717) is 41.8 Å². The number of nitrogens with one attached hydrogen (secondary N) is 1. The van der Waals surface area contributed by atoms with Crippen LogP contribution in [0.3, 0.4) is 0 Å². The predicted octanol–water partition coefficient (Wildman–Crippen LogP) is 3.81. The van der Waals surface area contributed by atoms with Gasteiger partial charge in [0, 0.05) is 30.6 Å². The molecule has 0 saturated heterocycles. The fourth-order valence-corrected chi connectivity index (χ4v) is 6.17. The van der Waals surface area contributed by atoms with E-state index in [1.54, 1.807) is 42.2 Å². The molecule has 0 saturated carbocycles. The van der Waals surface area contributed by atoms with Crippen molar-refractivity contribution < 1.29 is 14.3 Å². The van der Waals surface area contributed by atoms with Crippen LogP contribution in [-0.2, 0) is 29.8 Å². The lowest BCUT2D eigenvalue weighted by Crippen LogP contribution is -2.29. The molecule has 9 heteroatoms. The smallest absolute Gasteiger partial charge is 0.259 e. The Balaban J connectivity index is 1.23. The molecule has 4 rings (SSSR count). The van der Waals surface area contributed by atoms with Crippen molar-refractivity contribution in [2.75, 3.05) is 33.6 Å². The highest BCUT2D eigenvalue weighted by atomic mass is 32.2. The highest BCUT2D eigenvalue weighted by Gasteiger charge is 2.21. The van der Waals surface area contributed by atoms with Crippen molar-refractivity contribution in [3.05, 3.63) is 50.4 Å². The number of amides is 1. The number of methoxy groups -OCH3 is 2. The van der Waals surface area contributed by atoms with E-state index in [9.17, 15) is 9.59 Å². The largest absolute Gasteiger partial charge is 0.493 e. The molecule has 0 unspecified atom stereocenters. The number of fused-ring (bicyclic) bond motifs is 3. The summed E-state index contributed by atoms with van der Waals surface area (Å²) in [5.74, 6) is 3.46. The van der Waals surface area contributed by atoms with Crippen LogP contribution >= 0.6 is 23.1 Å². The maximum absolute atomic E-state index is 12.5. The number of aryl methyl sites for hydroxylation is 2. The molecule has 33 heavy (non-hydrogen) atoms. The third-order valence-electron chi connectivity index (χ3n) is 5.93. The first kappa shape index (κ1) is 23.6. The first-order valence-electron chi connectivity index (χ1n) is 11.1. The summed E-state index contributed by atoms with van der Waals surface area (Å²) in [5, 5.41) is 0.785. The molecule has 0 aliphatic heterocycles. The zero-order chi connectivity index (χ0) is 23.4. The SMILES string of the molecule is COc1ccc(CCN(C)C(=O)CCSCc2nc3sc4c(c3c(=O)[nH]2)CCC4)cc1OC. The minimum Gasteiger partial charge on any atom is -0.493 e. The average Bonchev–Trinajstić information content (AvgIpc) is 3.40. The second-order valence-corrected chi connectivity index (χ2v) is 10.3. The van der Waals surface area contributed by atoms with Crippen molar-refractivity contribution in [3.63, 3.8) is 0 Å². The number of thiophene rings is 1. The first-order chi connectivity index (χ1) is 16.0. The third-order valence-corrected chi connectivity index (χ3v) is 8.09. The van der Waals surface area contributed by atoms with Gasteiger partial charge in [-0.2, -0.15) is 11.8 Å². The van der Waals surface area contributed by atoms with Gasteiger partial charge in [-0.1, -0.05) is 6.07 Å². The Morgan fingerprint density at radius 3 is 2.85 bits per heavy atom. The van der Waals surface area contributed by atoms with Gasteiger partial charge in [-0.05, 0) is 48.9 Å². The van der Waals surface area contributed by atoms with Crippen LogP contribution in [0.15, 0.2) is 23.0 Å². The molecule has 0 radical (unpaired) electrons. The molecular formula is C24H29N3O4S2. The van der Waals surface area contributed by atoms with Gasteiger partial charge < -0.3 is 19.4 Å².